The van der Waals surface area contributed by atoms with Crippen LogP contribution >= 0.6 is 11.6 Å². The van der Waals surface area contributed by atoms with Crippen LogP contribution in [0.2, 0.25) is 5.02 Å². The van der Waals surface area contributed by atoms with Crippen LogP contribution in [0.1, 0.15) is 43.7 Å². The van der Waals surface area contributed by atoms with E-state index in [0.29, 0.717) is 16.4 Å². The molecule has 2 aromatic carbocycles. The Morgan fingerprint density at radius 1 is 0.935 bits per heavy atom. The predicted octanol–water partition coefficient (Wildman–Crippen LogP) is 7.76. The van der Waals surface area contributed by atoms with Crippen molar-refractivity contribution < 1.29 is 13.2 Å². The van der Waals surface area contributed by atoms with Crippen molar-refractivity contribution in [3.05, 3.63) is 70.9 Å². The van der Waals surface area contributed by atoms with Crippen LogP contribution in [-0.4, -0.2) is 9.97 Å². The molecular formula is C23H24ClF3N4. The molecule has 0 saturated carbocycles. The van der Waals surface area contributed by atoms with Gasteiger partial charge in [0.05, 0.1) is 0 Å². The maximum absolute atomic E-state index is 13.5. The molecule has 2 N–H and O–H groups in total. The second kappa shape index (κ2) is 10.5. The molecule has 0 fully saturated rings. The molecule has 0 atom stereocenters. The third kappa shape index (κ3) is 6.85. The van der Waals surface area contributed by atoms with E-state index >= 15 is 0 Å². The molecule has 0 amide bonds. The zero-order valence-electron chi connectivity index (χ0n) is 17.1. The van der Waals surface area contributed by atoms with Crippen LogP contribution in [0, 0.1) is 0 Å². The fourth-order valence-electron chi connectivity index (χ4n) is 3.10. The van der Waals surface area contributed by atoms with Crippen LogP contribution in [-0.2, 0) is 12.6 Å². The number of nitrogens with one attached hydrogen (secondary N) is 2. The molecule has 4 nitrogen and oxygen atoms in total. The zero-order valence-corrected chi connectivity index (χ0v) is 17.9. The van der Waals surface area contributed by atoms with Crippen LogP contribution in [0.25, 0.3) is 0 Å². The van der Waals surface area contributed by atoms with E-state index in [-0.39, 0.29) is 11.8 Å². The average molecular weight is 449 g/mol. The third-order valence-corrected chi connectivity index (χ3v) is 4.96. The van der Waals surface area contributed by atoms with Crippen LogP contribution in [0.5, 0.6) is 0 Å². The third-order valence-electron chi connectivity index (χ3n) is 4.70. The van der Waals surface area contributed by atoms with Gasteiger partial charge in [0.2, 0.25) is 5.95 Å². The highest BCUT2D eigenvalue weighted by Crippen LogP contribution is 2.35. The SMILES string of the molecule is CCCCCCc1cccc(Nc2nc(Nc3ccc(Cl)cc3)ncc2C(F)(F)F)c1. The summed E-state index contributed by atoms with van der Waals surface area (Å²) >= 11 is 5.87. The number of nitrogens with zero attached hydrogens (tertiary/aromatic N) is 2. The van der Waals surface area contributed by atoms with Crippen molar-refractivity contribution in [2.24, 2.45) is 0 Å². The first-order valence-electron chi connectivity index (χ1n) is 10.2. The Balaban J connectivity index is 1.82. The van der Waals surface area contributed by atoms with Crippen LogP contribution in [0.15, 0.2) is 54.7 Å². The van der Waals surface area contributed by atoms with E-state index in [1.54, 1.807) is 30.3 Å². The minimum atomic E-state index is -4.58. The van der Waals surface area contributed by atoms with E-state index < -0.39 is 11.7 Å². The summed E-state index contributed by atoms with van der Waals surface area (Å²) in [7, 11) is 0. The monoisotopic (exact) mass is 448 g/mol. The maximum Gasteiger partial charge on any atom is 0.421 e. The van der Waals surface area contributed by atoms with Gasteiger partial charge in [-0.15, -0.1) is 0 Å². The molecule has 1 heterocycles. The predicted molar refractivity (Wildman–Crippen MR) is 119 cm³/mol. The van der Waals surface area contributed by atoms with E-state index in [0.717, 1.165) is 37.4 Å². The fourth-order valence-corrected chi connectivity index (χ4v) is 3.23. The highest BCUT2D eigenvalue weighted by molar-refractivity contribution is 6.30. The fraction of sp³-hybridized carbons (Fsp3) is 0.304. The molecule has 1 aromatic heterocycles. The number of halogens is 4. The number of hydrogen-bond donors (Lipinski definition) is 2. The summed E-state index contributed by atoms with van der Waals surface area (Å²) in [5, 5.41) is 6.27. The second-order valence-corrected chi connectivity index (χ2v) is 7.66. The smallest absolute Gasteiger partial charge is 0.340 e. The van der Waals surface area contributed by atoms with Gasteiger partial charge in [-0.1, -0.05) is 49.9 Å². The van der Waals surface area contributed by atoms with Crippen molar-refractivity contribution in [2.75, 3.05) is 10.6 Å². The minimum Gasteiger partial charge on any atom is -0.340 e. The Kier molecular flexibility index (Phi) is 7.74. The van der Waals surface area contributed by atoms with E-state index in [1.807, 2.05) is 18.2 Å². The number of alkyl halides is 3. The van der Waals surface area contributed by atoms with Crippen LogP contribution in [0.3, 0.4) is 0 Å². The van der Waals surface area contributed by atoms with Gasteiger partial charge < -0.3 is 10.6 Å². The summed E-state index contributed by atoms with van der Waals surface area (Å²) in [6, 6.07) is 14.1. The highest BCUT2D eigenvalue weighted by atomic mass is 35.5. The lowest BCUT2D eigenvalue weighted by atomic mass is 10.1. The van der Waals surface area contributed by atoms with Gasteiger partial charge in [0, 0.05) is 22.6 Å². The normalized spacial score (nSPS) is 11.4. The topological polar surface area (TPSA) is 49.8 Å². The van der Waals surface area contributed by atoms with E-state index in [4.69, 9.17) is 11.6 Å². The highest BCUT2D eigenvalue weighted by Gasteiger charge is 2.35. The summed E-state index contributed by atoms with van der Waals surface area (Å²) in [4.78, 5) is 7.91. The number of aromatic nitrogens is 2. The Labute approximate surface area is 184 Å². The summed E-state index contributed by atoms with van der Waals surface area (Å²) in [6.45, 7) is 2.15. The first-order valence-corrected chi connectivity index (χ1v) is 10.6. The molecule has 0 aliphatic heterocycles. The van der Waals surface area contributed by atoms with Gasteiger partial charge in [0.25, 0.3) is 0 Å². The van der Waals surface area contributed by atoms with Crippen molar-refractivity contribution in [3.8, 4) is 0 Å². The van der Waals surface area contributed by atoms with E-state index in [2.05, 4.69) is 27.5 Å². The molecule has 0 aliphatic carbocycles. The Bertz CT molecular complexity index is 991. The van der Waals surface area contributed by atoms with Crippen LogP contribution < -0.4 is 10.6 Å². The number of unbranched alkanes of at least 4 members (excludes halogenated alkanes) is 3. The standard InChI is InChI=1S/C23H24ClF3N4/c1-2-3-4-5-7-16-8-6-9-19(14-16)29-21-20(23(25,26)27)15-28-22(31-21)30-18-12-10-17(24)11-13-18/h6,8-15H,2-5,7H2,1H3,(H2,28,29,30,31). The molecule has 0 unspecified atom stereocenters. The average Bonchev–Trinajstić information content (AvgIpc) is 2.73. The van der Waals surface area contributed by atoms with Crippen LogP contribution in [0.4, 0.5) is 36.3 Å². The molecule has 0 radical (unpaired) electrons. The van der Waals surface area contributed by atoms with Gasteiger partial charge in [-0.3, -0.25) is 0 Å². The van der Waals surface area contributed by atoms with Gasteiger partial charge in [-0.2, -0.15) is 18.2 Å². The Morgan fingerprint density at radius 2 is 1.71 bits per heavy atom. The number of anilines is 4. The van der Waals surface area contributed by atoms with E-state index in [1.165, 1.54) is 6.42 Å². The quantitative estimate of drug-likeness (QED) is 0.328. The summed E-state index contributed by atoms with van der Waals surface area (Å²) < 4.78 is 40.6. The molecular weight excluding hydrogens is 425 g/mol. The summed E-state index contributed by atoms with van der Waals surface area (Å²) in [5.41, 5.74) is 1.31. The van der Waals surface area contributed by atoms with Crippen molar-refractivity contribution >= 4 is 34.7 Å². The molecule has 8 heteroatoms. The van der Waals surface area contributed by atoms with Gasteiger partial charge in [-0.05, 0) is 54.8 Å². The van der Waals surface area contributed by atoms with E-state index in [9.17, 15) is 13.2 Å². The Hall–Kier alpha value is -2.80. The number of rotatable bonds is 9. The van der Waals surface area contributed by atoms with Gasteiger partial charge in [-0.25, -0.2) is 4.98 Å². The molecule has 0 aliphatic rings. The Morgan fingerprint density at radius 3 is 2.42 bits per heavy atom. The lowest BCUT2D eigenvalue weighted by molar-refractivity contribution is -0.137. The largest absolute Gasteiger partial charge is 0.421 e. The molecule has 3 rings (SSSR count). The summed E-state index contributed by atoms with van der Waals surface area (Å²) in [5.74, 6) is -0.254. The van der Waals surface area contributed by atoms with Gasteiger partial charge >= 0.3 is 6.18 Å². The zero-order chi connectivity index (χ0) is 22.3. The van der Waals surface area contributed by atoms with Crippen molar-refractivity contribution in [2.45, 2.75) is 45.2 Å². The summed E-state index contributed by atoms with van der Waals surface area (Å²) in [6.07, 6.45) is 1.60. The minimum absolute atomic E-state index is 0.0496. The van der Waals surface area contributed by atoms with Gasteiger partial charge in [0.15, 0.2) is 0 Å². The number of benzene rings is 2. The number of hydrogen-bond acceptors (Lipinski definition) is 4. The first kappa shape index (κ1) is 22.9. The molecule has 0 bridgehead atoms. The van der Waals surface area contributed by atoms with Crippen molar-refractivity contribution in [3.63, 3.8) is 0 Å². The lowest BCUT2D eigenvalue weighted by Gasteiger charge is -2.15. The van der Waals surface area contributed by atoms with Crippen molar-refractivity contribution in [1.82, 2.24) is 9.97 Å². The van der Waals surface area contributed by atoms with Gasteiger partial charge in [0.1, 0.15) is 11.4 Å². The first-order chi connectivity index (χ1) is 14.8. The maximum atomic E-state index is 13.5. The lowest BCUT2D eigenvalue weighted by Crippen LogP contribution is -2.12. The molecule has 0 spiro atoms. The molecule has 164 valence electrons. The molecule has 31 heavy (non-hydrogen) atoms. The number of aryl methyl sites for hydroxylation is 1. The molecule has 0 saturated heterocycles. The molecule has 3 aromatic rings. The second-order valence-electron chi connectivity index (χ2n) is 7.22. The van der Waals surface area contributed by atoms with Crippen molar-refractivity contribution in [1.29, 1.82) is 0 Å².